The zero-order valence-corrected chi connectivity index (χ0v) is 11.0. The highest BCUT2D eigenvalue weighted by molar-refractivity contribution is 5.40. The Balaban J connectivity index is 2.79. The summed E-state index contributed by atoms with van der Waals surface area (Å²) in [5.74, 6) is 0.132. The average Bonchev–Trinajstić information content (AvgIpc) is 2.38. The van der Waals surface area contributed by atoms with Gasteiger partial charge in [-0.3, -0.25) is 4.98 Å². The van der Waals surface area contributed by atoms with Crippen molar-refractivity contribution in [2.75, 3.05) is 6.61 Å². The van der Waals surface area contributed by atoms with Gasteiger partial charge >= 0.3 is 0 Å². The molecule has 0 aliphatic rings. The summed E-state index contributed by atoms with van der Waals surface area (Å²) in [6, 6.07) is 0.203. The Kier molecular flexibility index (Phi) is 6.04. The largest absolute Gasteiger partial charge is 0.506 e. The van der Waals surface area contributed by atoms with Crippen LogP contribution in [-0.4, -0.2) is 33.0 Å². The Morgan fingerprint density at radius 1 is 1.39 bits per heavy atom. The molecule has 0 radical (unpaired) electrons. The third-order valence-corrected chi connectivity index (χ3v) is 3.14. The molecule has 5 nitrogen and oxygen atoms in total. The van der Waals surface area contributed by atoms with Crippen LogP contribution in [-0.2, 0) is 13.2 Å². The summed E-state index contributed by atoms with van der Waals surface area (Å²) in [6.07, 6.45) is 3.16. The van der Waals surface area contributed by atoms with E-state index in [4.69, 9.17) is 5.11 Å². The SMILES string of the molecule is CCC(CCO)NCc1c(CO)cnc(C)c1O. The summed E-state index contributed by atoms with van der Waals surface area (Å²) < 4.78 is 0. The van der Waals surface area contributed by atoms with Gasteiger partial charge in [0, 0.05) is 36.5 Å². The van der Waals surface area contributed by atoms with Gasteiger partial charge < -0.3 is 20.6 Å². The highest BCUT2D eigenvalue weighted by Crippen LogP contribution is 2.23. The van der Waals surface area contributed by atoms with E-state index in [2.05, 4.69) is 10.3 Å². The molecule has 0 spiro atoms. The van der Waals surface area contributed by atoms with Gasteiger partial charge in [0.25, 0.3) is 0 Å². The number of nitrogens with zero attached hydrogens (tertiary/aromatic N) is 1. The Hall–Kier alpha value is -1.17. The lowest BCUT2D eigenvalue weighted by atomic mass is 10.1. The van der Waals surface area contributed by atoms with E-state index in [0.717, 1.165) is 6.42 Å². The normalized spacial score (nSPS) is 12.7. The molecule has 0 bridgehead atoms. The maximum absolute atomic E-state index is 9.96. The number of aromatic nitrogens is 1. The molecule has 1 unspecified atom stereocenters. The second-order valence-electron chi connectivity index (χ2n) is 4.35. The van der Waals surface area contributed by atoms with Crippen molar-refractivity contribution in [2.24, 2.45) is 0 Å². The molecule has 1 aromatic heterocycles. The Bertz CT molecular complexity index is 383. The number of aryl methyl sites for hydroxylation is 1. The molecule has 0 amide bonds. The van der Waals surface area contributed by atoms with Crippen molar-refractivity contribution in [3.05, 3.63) is 23.0 Å². The smallest absolute Gasteiger partial charge is 0.141 e. The second kappa shape index (κ2) is 7.31. The van der Waals surface area contributed by atoms with Crippen molar-refractivity contribution in [3.8, 4) is 5.75 Å². The van der Waals surface area contributed by atoms with Gasteiger partial charge in [-0.25, -0.2) is 0 Å². The maximum Gasteiger partial charge on any atom is 0.141 e. The van der Waals surface area contributed by atoms with Gasteiger partial charge in [-0.2, -0.15) is 0 Å². The molecule has 0 aliphatic carbocycles. The fourth-order valence-electron chi connectivity index (χ4n) is 1.87. The fraction of sp³-hybridized carbons (Fsp3) is 0.615. The number of hydrogen-bond acceptors (Lipinski definition) is 5. The number of nitrogens with one attached hydrogen (secondary N) is 1. The first-order valence-corrected chi connectivity index (χ1v) is 6.25. The van der Waals surface area contributed by atoms with E-state index in [1.807, 2.05) is 6.92 Å². The van der Waals surface area contributed by atoms with E-state index < -0.39 is 0 Å². The maximum atomic E-state index is 9.96. The van der Waals surface area contributed by atoms with Gasteiger partial charge in [-0.05, 0) is 19.8 Å². The molecule has 18 heavy (non-hydrogen) atoms. The van der Waals surface area contributed by atoms with Crippen LogP contribution in [0.25, 0.3) is 0 Å². The molecule has 0 saturated heterocycles. The predicted octanol–water partition coefficient (Wildman–Crippen LogP) is 0.839. The summed E-state index contributed by atoms with van der Waals surface area (Å²) in [7, 11) is 0. The van der Waals surface area contributed by atoms with Crippen molar-refractivity contribution in [1.29, 1.82) is 0 Å². The van der Waals surface area contributed by atoms with Crippen LogP contribution in [0.5, 0.6) is 5.75 Å². The summed E-state index contributed by atoms with van der Waals surface area (Å²) in [4.78, 5) is 4.02. The molecule has 1 heterocycles. The molecule has 0 fully saturated rings. The highest BCUT2D eigenvalue weighted by atomic mass is 16.3. The molecular weight excluding hydrogens is 232 g/mol. The van der Waals surface area contributed by atoms with Gasteiger partial charge in [-0.1, -0.05) is 6.92 Å². The van der Waals surface area contributed by atoms with Gasteiger partial charge in [0.05, 0.1) is 12.3 Å². The zero-order valence-electron chi connectivity index (χ0n) is 11.0. The molecule has 1 aromatic rings. The molecule has 102 valence electrons. The zero-order chi connectivity index (χ0) is 13.5. The molecule has 5 heteroatoms. The van der Waals surface area contributed by atoms with Gasteiger partial charge in [0.1, 0.15) is 5.75 Å². The third kappa shape index (κ3) is 3.66. The van der Waals surface area contributed by atoms with Gasteiger partial charge in [0.2, 0.25) is 0 Å². The second-order valence-corrected chi connectivity index (χ2v) is 4.35. The number of pyridine rings is 1. The van der Waals surface area contributed by atoms with Crippen LogP contribution in [0.3, 0.4) is 0 Å². The number of aliphatic hydroxyl groups excluding tert-OH is 2. The summed E-state index contributed by atoms with van der Waals surface area (Å²) in [5.41, 5.74) is 1.87. The van der Waals surface area contributed by atoms with Crippen molar-refractivity contribution in [3.63, 3.8) is 0 Å². The van der Waals surface area contributed by atoms with Crippen molar-refractivity contribution in [2.45, 2.75) is 45.9 Å². The lowest BCUT2D eigenvalue weighted by Crippen LogP contribution is -2.29. The van der Waals surface area contributed by atoms with E-state index >= 15 is 0 Å². The van der Waals surface area contributed by atoms with Crippen LogP contribution in [0.4, 0.5) is 0 Å². The molecule has 0 aromatic carbocycles. The minimum absolute atomic E-state index is 0.132. The number of rotatable bonds is 7. The topological polar surface area (TPSA) is 85.6 Å². The Labute approximate surface area is 108 Å². The predicted molar refractivity (Wildman–Crippen MR) is 69.2 cm³/mol. The van der Waals surface area contributed by atoms with E-state index in [0.29, 0.717) is 29.8 Å². The Morgan fingerprint density at radius 2 is 2.11 bits per heavy atom. The van der Waals surface area contributed by atoms with E-state index in [-0.39, 0.29) is 25.0 Å². The minimum atomic E-state index is -0.144. The van der Waals surface area contributed by atoms with E-state index in [1.165, 1.54) is 0 Å². The van der Waals surface area contributed by atoms with Gasteiger partial charge in [0.15, 0.2) is 0 Å². The monoisotopic (exact) mass is 254 g/mol. The lowest BCUT2D eigenvalue weighted by molar-refractivity contribution is 0.260. The summed E-state index contributed by atoms with van der Waals surface area (Å²) in [5, 5.41) is 31.4. The lowest BCUT2D eigenvalue weighted by Gasteiger charge is -2.18. The van der Waals surface area contributed by atoms with Crippen molar-refractivity contribution >= 4 is 0 Å². The molecule has 1 rings (SSSR count). The first-order chi connectivity index (χ1) is 8.63. The first kappa shape index (κ1) is 14.9. The van der Waals surface area contributed by atoms with Crippen LogP contribution in [0.1, 0.15) is 36.6 Å². The number of aromatic hydroxyl groups is 1. The first-order valence-electron chi connectivity index (χ1n) is 6.25. The standard InChI is InChI=1S/C13H22N2O3/c1-3-11(4-5-16)15-7-12-10(8-17)6-14-9(2)13(12)18/h6,11,15-18H,3-5,7-8H2,1-2H3. The van der Waals surface area contributed by atoms with Crippen LogP contribution >= 0.6 is 0 Å². The highest BCUT2D eigenvalue weighted by Gasteiger charge is 2.13. The third-order valence-electron chi connectivity index (χ3n) is 3.14. The molecule has 0 saturated carbocycles. The van der Waals surface area contributed by atoms with Crippen LogP contribution in [0, 0.1) is 6.92 Å². The molecule has 1 atom stereocenters. The quantitative estimate of drug-likeness (QED) is 0.579. The van der Waals surface area contributed by atoms with E-state index in [1.54, 1.807) is 13.1 Å². The summed E-state index contributed by atoms with van der Waals surface area (Å²) >= 11 is 0. The summed E-state index contributed by atoms with van der Waals surface area (Å²) in [6.45, 7) is 4.22. The Morgan fingerprint density at radius 3 is 2.67 bits per heavy atom. The van der Waals surface area contributed by atoms with E-state index in [9.17, 15) is 10.2 Å². The van der Waals surface area contributed by atoms with Gasteiger partial charge in [-0.15, -0.1) is 0 Å². The minimum Gasteiger partial charge on any atom is -0.506 e. The van der Waals surface area contributed by atoms with Crippen molar-refractivity contribution < 1.29 is 15.3 Å². The van der Waals surface area contributed by atoms with Crippen LogP contribution < -0.4 is 5.32 Å². The number of hydrogen-bond donors (Lipinski definition) is 4. The number of aliphatic hydroxyl groups is 2. The molecule has 0 aliphatic heterocycles. The van der Waals surface area contributed by atoms with Crippen molar-refractivity contribution in [1.82, 2.24) is 10.3 Å². The van der Waals surface area contributed by atoms with Crippen LogP contribution in [0.2, 0.25) is 0 Å². The molecular formula is C13H22N2O3. The fourth-order valence-corrected chi connectivity index (χ4v) is 1.87. The average molecular weight is 254 g/mol. The van der Waals surface area contributed by atoms with Crippen LogP contribution in [0.15, 0.2) is 6.20 Å². The molecule has 4 N–H and O–H groups in total.